The van der Waals surface area contributed by atoms with Gasteiger partial charge in [0, 0.05) is 28.9 Å². The van der Waals surface area contributed by atoms with Crippen molar-refractivity contribution in [2.75, 3.05) is 13.2 Å². The van der Waals surface area contributed by atoms with Crippen LogP contribution in [-0.4, -0.2) is 23.4 Å². The third kappa shape index (κ3) is 6.12. The van der Waals surface area contributed by atoms with Gasteiger partial charge in [-0.1, -0.05) is 48.5 Å². The van der Waals surface area contributed by atoms with Crippen molar-refractivity contribution in [3.63, 3.8) is 0 Å². The highest BCUT2D eigenvalue weighted by molar-refractivity contribution is 7.97. The summed E-state index contributed by atoms with van der Waals surface area (Å²) in [5.41, 5.74) is 1.92. The van der Waals surface area contributed by atoms with E-state index in [1.807, 2.05) is 46.8 Å². The second-order valence-corrected chi connectivity index (χ2v) is 9.45. The first-order valence-corrected chi connectivity index (χ1v) is 12.4. The average molecular weight is 514 g/mol. The lowest BCUT2D eigenvalue weighted by Crippen LogP contribution is -2.21. The maximum Gasteiger partial charge on any atom is 0.416 e. The lowest BCUT2D eigenvalue weighted by Gasteiger charge is -2.23. The molecule has 4 aromatic rings. The third-order valence-corrected chi connectivity index (χ3v) is 6.80. The fourth-order valence-corrected chi connectivity index (χ4v) is 4.96. The second-order valence-electron chi connectivity index (χ2n) is 8.28. The fraction of sp³-hybridized carbons (Fsp3) is 0.250. The maximum atomic E-state index is 13.6. The van der Waals surface area contributed by atoms with Crippen LogP contribution in [0.2, 0.25) is 0 Å². The van der Waals surface area contributed by atoms with Crippen molar-refractivity contribution in [3.05, 3.63) is 101 Å². The molecule has 0 N–H and O–H groups in total. The monoisotopic (exact) mass is 513 g/mol. The van der Waals surface area contributed by atoms with Gasteiger partial charge in [0.2, 0.25) is 5.76 Å². The smallest absolute Gasteiger partial charge is 0.416 e. The molecule has 0 radical (unpaired) electrons. The minimum Gasteiger partial charge on any atom is -0.460 e. The van der Waals surface area contributed by atoms with E-state index in [4.69, 9.17) is 9.15 Å². The molecule has 0 amide bonds. The van der Waals surface area contributed by atoms with E-state index in [9.17, 15) is 18.0 Å². The number of hydrogen-bond donors (Lipinski definition) is 0. The summed E-state index contributed by atoms with van der Waals surface area (Å²) in [6.45, 7) is 4.41. The summed E-state index contributed by atoms with van der Waals surface area (Å²) in [6.07, 6.45) is -3.75. The van der Waals surface area contributed by atoms with E-state index < -0.39 is 17.7 Å². The van der Waals surface area contributed by atoms with Crippen molar-refractivity contribution >= 4 is 28.9 Å². The van der Waals surface area contributed by atoms with E-state index in [2.05, 4.69) is 0 Å². The number of esters is 1. The Labute approximate surface area is 212 Å². The Kier molecular flexibility index (Phi) is 8.06. The van der Waals surface area contributed by atoms with Gasteiger partial charge in [-0.05, 0) is 67.6 Å². The lowest BCUT2D eigenvalue weighted by molar-refractivity contribution is -0.138. The minimum atomic E-state index is -4.43. The average Bonchev–Trinajstić information content (AvgIpc) is 3.19. The lowest BCUT2D eigenvalue weighted by atomic mass is 10.1. The molecule has 0 aliphatic heterocycles. The Bertz CT molecular complexity index is 1340. The van der Waals surface area contributed by atoms with Gasteiger partial charge in [-0.25, -0.2) is 9.10 Å². The second kappa shape index (κ2) is 11.2. The Morgan fingerprint density at radius 1 is 1.03 bits per heavy atom. The summed E-state index contributed by atoms with van der Waals surface area (Å²) in [7, 11) is 0. The van der Waals surface area contributed by atoms with Crippen molar-refractivity contribution in [1.82, 2.24) is 4.31 Å². The van der Waals surface area contributed by atoms with Gasteiger partial charge >= 0.3 is 12.1 Å². The van der Waals surface area contributed by atoms with Crippen molar-refractivity contribution in [2.45, 2.75) is 37.9 Å². The Morgan fingerprint density at radius 3 is 2.47 bits per heavy atom. The molecule has 0 fully saturated rings. The molecule has 1 aromatic heterocycles. The van der Waals surface area contributed by atoms with Crippen molar-refractivity contribution in [3.8, 4) is 0 Å². The number of fused-ring (bicyclic) bond motifs is 1. The molecule has 0 saturated carbocycles. The van der Waals surface area contributed by atoms with Crippen molar-refractivity contribution < 1.29 is 27.1 Å². The number of carbonyl (C=O) groups excluding carboxylic acids is 1. The van der Waals surface area contributed by atoms with Gasteiger partial charge in [-0.3, -0.25) is 0 Å². The number of rotatable bonds is 9. The minimum absolute atomic E-state index is 0.115. The first-order valence-electron chi connectivity index (χ1n) is 11.6. The van der Waals surface area contributed by atoms with Gasteiger partial charge in [0.05, 0.1) is 12.2 Å². The third-order valence-electron chi connectivity index (χ3n) is 5.77. The number of hydrogen-bond acceptors (Lipinski definition) is 5. The van der Waals surface area contributed by atoms with Crippen LogP contribution in [0.1, 0.15) is 39.7 Å². The van der Waals surface area contributed by atoms with Crippen LogP contribution in [0.3, 0.4) is 0 Å². The highest BCUT2D eigenvalue weighted by Gasteiger charge is 2.33. The molecule has 0 saturated heterocycles. The summed E-state index contributed by atoms with van der Waals surface area (Å²) in [5, 5.41) is 0.766. The molecule has 3 aromatic carbocycles. The molecule has 0 aliphatic carbocycles. The van der Waals surface area contributed by atoms with Crippen LogP contribution in [0.25, 0.3) is 11.0 Å². The van der Waals surface area contributed by atoms with E-state index in [0.717, 1.165) is 21.9 Å². The van der Waals surface area contributed by atoms with Gasteiger partial charge in [0.15, 0.2) is 0 Å². The molecule has 36 heavy (non-hydrogen) atoms. The number of halogens is 3. The highest BCUT2D eigenvalue weighted by atomic mass is 32.2. The summed E-state index contributed by atoms with van der Waals surface area (Å²) in [6, 6.07) is 21.0. The number of alkyl halides is 3. The van der Waals surface area contributed by atoms with Crippen LogP contribution in [0.5, 0.6) is 0 Å². The summed E-state index contributed by atoms with van der Waals surface area (Å²) >= 11 is 1.38. The van der Waals surface area contributed by atoms with E-state index in [1.54, 1.807) is 26.0 Å². The number of nitrogens with zero attached hydrogens (tertiary/aromatic N) is 1. The van der Waals surface area contributed by atoms with Gasteiger partial charge in [-0.15, -0.1) is 0 Å². The molecule has 1 heterocycles. The number of aryl methyl sites for hydroxylation is 1. The first-order chi connectivity index (χ1) is 17.3. The highest BCUT2D eigenvalue weighted by Crippen LogP contribution is 2.35. The van der Waals surface area contributed by atoms with Gasteiger partial charge < -0.3 is 9.15 Å². The Hall–Kier alpha value is -3.23. The fourth-order valence-electron chi connectivity index (χ4n) is 3.98. The predicted octanol–water partition coefficient (Wildman–Crippen LogP) is 7.69. The molecule has 0 aliphatic rings. The first kappa shape index (κ1) is 25.9. The standard InChI is InChI=1S/C28H26F3NO3S/c1-3-34-27(33)26-19(2)23-17-22(13-14-25(23)35-26)36-32(16-15-20-9-5-4-6-10-20)18-21-11-7-8-12-24(21)28(29,30)31/h4-14,17H,3,15-16,18H2,1-2H3. The van der Waals surface area contributed by atoms with Crippen molar-refractivity contribution in [1.29, 1.82) is 0 Å². The van der Waals surface area contributed by atoms with Crippen LogP contribution < -0.4 is 0 Å². The van der Waals surface area contributed by atoms with Crippen molar-refractivity contribution in [2.24, 2.45) is 0 Å². The zero-order valence-electron chi connectivity index (χ0n) is 20.0. The normalized spacial score (nSPS) is 11.8. The van der Waals surface area contributed by atoms with Gasteiger partial charge in [0.25, 0.3) is 0 Å². The molecule has 4 nitrogen and oxygen atoms in total. The van der Waals surface area contributed by atoms with E-state index >= 15 is 0 Å². The topological polar surface area (TPSA) is 42.7 Å². The molecule has 0 spiro atoms. The molecule has 8 heteroatoms. The van der Waals surface area contributed by atoms with Crippen LogP contribution in [0.15, 0.2) is 82.1 Å². The number of carbonyl (C=O) groups is 1. The molecule has 0 bridgehead atoms. The number of benzene rings is 3. The van der Waals surface area contributed by atoms with Gasteiger partial charge in [-0.2, -0.15) is 13.2 Å². The molecule has 0 atom stereocenters. The zero-order chi connectivity index (χ0) is 25.7. The summed E-state index contributed by atoms with van der Waals surface area (Å²) in [5.74, 6) is -0.359. The van der Waals surface area contributed by atoms with Crippen LogP contribution in [0.4, 0.5) is 13.2 Å². The number of furan rings is 1. The Balaban J connectivity index is 1.62. The SMILES string of the molecule is CCOC(=O)c1oc2ccc(SN(CCc3ccccc3)Cc3ccccc3C(F)(F)F)cc2c1C. The van der Waals surface area contributed by atoms with Gasteiger partial charge in [0.1, 0.15) is 5.58 Å². The quantitative estimate of drug-likeness (QED) is 0.170. The molecule has 188 valence electrons. The maximum absolute atomic E-state index is 13.6. The predicted molar refractivity (Wildman–Crippen MR) is 135 cm³/mol. The number of ether oxygens (including phenoxy) is 1. The van der Waals surface area contributed by atoms with E-state index in [1.165, 1.54) is 24.1 Å². The zero-order valence-corrected chi connectivity index (χ0v) is 20.8. The van der Waals surface area contributed by atoms with E-state index in [0.29, 0.717) is 24.1 Å². The molecule has 0 unspecified atom stereocenters. The van der Waals surface area contributed by atoms with Crippen LogP contribution >= 0.6 is 11.9 Å². The molecule has 4 rings (SSSR count). The van der Waals surface area contributed by atoms with E-state index in [-0.39, 0.29) is 24.5 Å². The Morgan fingerprint density at radius 2 is 1.75 bits per heavy atom. The van der Waals surface area contributed by atoms with Crippen LogP contribution in [-0.2, 0) is 23.9 Å². The van der Waals surface area contributed by atoms with Crippen LogP contribution in [0, 0.1) is 6.92 Å². The molecular formula is C28H26F3NO3S. The largest absolute Gasteiger partial charge is 0.460 e. The molecular weight excluding hydrogens is 487 g/mol. The summed E-state index contributed by atoms with van der Waals surface area (Å²) in [4.78, 5) is 13.0. The summed E-state index contributed by atoms with van der Waals surface area (Å²) < 4.78 is 53.6.